The van der Waals surface area contributed by atoms with Gasteiger partial charge in [-0.2, -0.15) is 0 Å². The molecule has 1 aliphatic carbocycles. The molecule has 0 aromatic carbocycles. The summed E-state index contributed by atoms with van der Waals surface area (Å²) in [7, 11) is 0. The second-order valence-corrected chi connectivity index (χ2v) is 3.43. The van der Waals surface area contributed by atoms with E-state index in [1.807, 2.05) is 0 Å². The third kappa shape index (κ3) is 2.80. The zero-order valence-electron chi connectivity index (χ0n) is 7.33. The Labute approximate surface area is 138 Å². The monoisotopic (exact) mass is 284 g/mol. The van der Waals surface area contributed by atoms with Gasteiger partial charge in [0.1, 0.15) is 20.1 Å². The van der Waals surface area contributed by atoms with Gasteiger partial charge in [-0.3, -0.25) is 9.59 Å². The molecule has 0 aromatic heterocycles. The molecule has 1 rings (SSSR count). The van der Waals surface area contributed by atoms with Crippen LogP contribution in [0.15, 0.2) is 20.1 Å². The summed E-state index contributed by atoms with van der Waals surface area (Å²) in [6.07, 6.45) is 0. The van der Waals surface area contributed by atoms with E-state index in [1.165, 1.54) is 0 Å². The minimum atomic E-state index is -0.729. The predicted octanol–water partition coefficient (Wildman–Crippen LogP) is -0.367. The van der Waals surface area contributed by atoms with Gasteiger partial charge in [0.15, 0.2) is 0 Å². The number of hydrogen-bond acceptors (Lipinski definition) is 2. The van der Waals surface area contributed by atoms with Gasteiger partial charge in [0.05, 0.1) is 0 Å². The van der Waals surface area contributed by atoms with Crippen molar-refractivity contribution in [3.8, 4) is 0 Å². The maximum atomic E-state index is 11.0. The Morgan fingerprint density at radius 1 is 0.692 bits per heavy atom. The van der Waals surface area contributed by atoms with Crippen LogP contribution in [0.1, 0.15) is 1.43 Å². The first-order valence-corrected chi connectivity index (χ1v) is 4.18. The van der Waals surface area contributed by atoms with E-state index in [0.717, 1.165) is 0 Å². The molecule has 0 atom stereocenters. The number of rotatable bonds is 0. The molecular weight excluding hydrogens is 285 g/mol. The summed E-state index contributed by atoms with van der Waals surface area (Å²) < 4.78 is 0. The second-order valence-electron chi connectivity index (χ2n) is 1.91. The first-order chi connectivity index (χ1) is 5.46. The fraction of sp³-hybridized carbons (Fsp3) is 0. The van der Waals surface area contributed by atoms with Crippen LogP contribution in [0.25, 0.3) is 0 Å². The minimum Gasteiger partial charge on any atom is -1.00 e. The van der Waals surface area contributed by atoms with Crippen LogP contribution >= 0.6 is 46.4 Å². The van der Waals surface area contributed by atoms with Crippen molar-refractivity contribution in [1.29, 1.82) is 0 Å². The SMILES string of the molecule is O=C1C(Cl)=C(Cl)C(=O)C(Cl)=C1Cl.[H-].[K+]. The average Bonchev–Trinajstić information content (AvgIpc) is 2.08. The summed E-state index contributed by atoms with van der Waals surface area (Å²) in [5.41, 5.74) is 0. The number of carbonyl (C=O) groups is 2. The number of halogens is 4. The van der Waals surface area contributed by atoms with E-state index in [4.69, 9.17) is 46.4 Å². The normalized spacial score (nSPS) is 17.8. The summed E-state index contributed by atoms with van der Waals surface area (Å²) >= 11 is 21.5. The summed E-state index contributed by atoms with van der Waals surface area (Å²) in [5, 5.41) is -1.57. The Morgan fingerprint density at radius 2 is 0.846 bits per heavy atom. The first kappa shape index (κ1) is 14.6. The Hall–Kier alpha value is 1.62. The van der Waals surface area contributed by atoms with E-state index in [9.17, 15) is 9.59 Å². The quantitative estimate of drug-likeness (QED) is 0.450. The van der Waals surface area contributed by atoms with Crippen molar-refractivity contribution < 1.29 is 62.4 Å². The maximum absolute atomic E-state index is 11.0. The molecule has 0 fully saturated rings. The molecular formula is C6HCl4KO2. The Bertz CT molecular complexity index is 288. The summed E-state index contributed by atoms with van der Waals surface area (Å²) in [5.74, 6) is -1.46. The van der Waals surface area contributed by atoms with Gasteiger partial charge >= 0.3 is 51.4 Å². The third-order valence-electron chi connectivity index (χ3n) is 1.18. The van der Waals surface area contributed by atoms with Crippen LogP contribution in [0.2, 0.25) is 0 Å². The van der Waals surface area contributed by atoms with E-state index < -0.39 is 31.7 Å². The summed E-state index contributed by atoms with van der Waals surface area (Å²) in [6.45, 7) is 0. The van der Waals surface area contributed by atoms with Crippen molar-refractivity contribution in [1.82, 2.24) is 0 Å². The van der Waals surface area contributed by atoms with Crippen LogP contribution in [-0.4, -0.2) is 11.6 Å². The van der Waals surface area contributed by atoms with Crippen molar-refractivity contribution >= 4 is 58.0 Å². The molecule has 7 heteroatoms. The van der Waals surface area contributed by atoms with Gasteiger partial charge in [-0.1, -0.05) is 46.4 Å². The predicted molar refractivity (Wildman–Crippen MR) is 48.6 cm³/mol. The largest absolute Gasteiger partial charge is 1.00 e. The molecule has 13 heavy (non-hydrogen) atoms. The van der Waals surface area contributed by atoms with Crippen LogP contribution in [0.4, 0.5) is 0 Å². The maximum Gasteiger partial charge on any atom is 1.00 e. The molecule has 2 nitrogen and oxygen atoms in total. The fourth-order valence-corrected chi connectivity index (χ4v) is 1.41. The summed E-state index contributed by atoms with van der Waals surface area (Å²) in [6, 6.07) is 0. The molecule has 0 aromatic rings. The first-order valence-electron chi connectivity index (χ1n) is 2.66. The average molecular weight is 286 g/mol. The molecule has 0 N–H and O–H groups in total. The van der Waals surface area contributed by atoms with Gasteiger partial charge in [0.2, 0.25) is 11.6 Å². The molecule has 0 spiro atoms. The van der Waals surface area contributed by atoms with Gasteiger partial charge in [-0.15, -0.1) is 0 Å². The molecule has 0 amide bonds. The van der Waals surface area contributed by atoms with Gasteiger partial charge in [0, 0.05) is 0 Å². The van der Waals surface area contributed by atoms with Crippen molar-refractivity contribution in [2.45, 2.75) is 0 Å². The number of ketones is 2. The van der Waals surface area contributed by atoms with Crippen molar-refractivity contribution in [2.75, 3.05) is 0 Å². The second kappa shape index (κ2) is 5.63. The Morgan fingerprint density at radius 3 is 1.00 bits per heavy atom. The number of carbonyl (C=O) groups excluding carboxylic acids is 2. The van der Waals surface area contributed by atoms with Crippen LogP contribution in [0, 0.1) is 0 Å². The standard InChI is InChI=1S/C6Cl4O2.K.H/c7-1-2(8)6(12)4(10)3(9)5(1)11;;/q;+1;-1. The van der Waals surface area contributed by atoms with Crippen LogP contribution in [0.5, 0.6) is 0 Å². The molecule has 0 aliphatic heterocycles. The van der Waals surface area contributed by atoms with Gasteiger partial charge < -0.3 is 1.43 Å². The topological polar surface area (TPSA) is 34.1 Å². The summed E-state index contributed by atoms with van der Waals surface area (Å²) in [4.78, 5) is 22.0. The van der Waals surface area contributed by atoms with Gasteiger partial charge in [0.25, 0.3) is 0 Å². The van der Waals surface area contributed by atoms with E-state index >= 15 is 0 Å². The molecule has 0 heterocycles. The Balaban J connectivity index is 0. The zero-order valence-corrected chi connectivity index (χ0v) is 12.5. The van der Waals surface area contributed by atoms with Crippen molar-refractivity contribution in [3.05, 3.63) is 20.1 Å². The number of Topliss-reactive ketones (excluding diaryl/α,β-unsaturated/α-hetero) is 2. The molecule has 0 bridgehead atoms. The Kier molecular flexibility index (Phi) is 6.33. The van der Waals surface area contributed by atoms with E-state index in [-0.39, 0.29) is 52.8 Å². The van der Waals surface area contributed by atoms with Crippen LogP contribution < -0.4 is 51.4 Å². The number of hydrogen-bond donors (Lipinski definition) is 0. The molecule has 66 valence electrons. The van der Waals surface area contributed by atoms with E-state index in [1.54, 1.807) is 0 Å². The van der Waals surface area contributed by atoms with Crippen molar-refractivity contribution in [2.24, 2.45) is 0 Å². The van der Waals surface area contributed by atoms with Gasteiger partial charge in [-0.05, 0) is 0 Å². The van der Waals surface area contributed by atoms with Crippen molar-refractivity contribution in [3.63, 3.8) is 0 Å². The third-order valence-corrected chi connectivity index (χ3v) is 2.82. The molecule has 0 saturated carbocycles. The van der Waals surface area contributed by atoms with Crippen LogP contribution in [0.3, 0.4) is 0 Å². The fourth-order valence-electron chi connectivity index (χ4n) is 0.591. The number of allylic oxidation sites excluding steroid dienone is 4. The van der Waals surface area contributed by atoms with E-state index in [2.05, 4.69) is 0 Å². The smallest absolute Gasteiger partial charge is 1.00 e. The molecule has 0 saturated heterocycles. The van der Waals surface area contributed by atoms with E-state index in [0.29, 0.717) is 0 Å². The van der Waals surface area contributed by atoms with Gasteiger partial charge in [-0.25, -0.2) is 0 Å². The van der Waals surface area contributed by atoms with Crippen LogP contribution in [-0.2, 0) is 9.59 Å². The minimum absolute atomic E-state index is 0. The molecule has 0 radical (unpaired) electrons. The molecule has 1 aliphatic rings. The molecule has 0 unspecified atom stereocenters. The zero-order chi connectivity index (χ0) is 9.46.